The highest BCUT2D eigenvalue weighted by molar-refractivity contribution is 6.08. The number of amides is 3. The number of hydrogen-bond acceptors (Lipinski definition) is 6. The van der Waals surface area contributed by atoms with Gasteiger partial charge in [0.25, 0.3) is 11.6 Å². The lowest BCUT2D eigenvalue weighted by Gasteiger charge is -2.40. The van der Waals surface area contributed by atoms with Crippen LogP contribution in [0.5, 0.6) is 0 Å². The average Bonchev–Trinajstić information content (AvgIpc) is 2.81. The van der Waals surface area contributed by atoms with E-state index in [0.29, 0.717) is 0 Å². The molecule has 0 aromatic heterocycles. The average molecular weight is 435 g/mol. The molecule has 0 radical (unpaired) electrons. The number of nitrogens with zero attached hydrogens (tertiary/aromatic N) is 3. The Hall–Kier alpha value is -4.27. The number of hydrogen-bond donors (Lipinski definition) is 0. The van der Waals surface area contributed by atoms with Gasteiger partial charge >= 0.3 is 12.0 Å². The molecule has 1 aliphatic heterocycles. The van der Waals surface area contributed by atoms with Crippen LogP contribution in [0.2, 0.25) is 0 Å². The van der Waals surface area contributed by atoms with Crippen molar-refractivity contribution in [1.82, 2.24) is 9.80 Å². The van der Waals surface area contributed by atoms with Gasteiger partial charge in [-0.25, -0.2) is 14.5 Å². The first-order valence-corrected chi connectivity index (χ1v) is 9.67. The van der Waals surface area contributed by atoms with Crippen LogP contribution >= 0.6 is 0 Å². The molecule has 0 fully saturated rings. The summed E-state index contributed by atoms with van der Waals surface area (Å²) >= 11 is 0. The monoisotopic (exact) mass is 435 g/mol. The van der Waals surface area contributed by atoms with E-state index in [1.165, 1.54) is 42.3 Å². The maximum absolute atomic E-state index is 13.4. The predicted octanol–water partition coefficient (Wildman–Crippen LogP) is 3.85. The standard InChI is InChI=1S/C23H21N3O6/c1-4-13-32-22(28)19-15(2)24(3)23(29)25(21(27)16-9-6-5-7-10-16)20(19)17-11-8-12-18(14-17)26(30)31/h4-12,14,20H,1,13H2,2-3H3. The van der Waals surface area contributed by atoms with E-state index in [-0.39, 0.29) is 34.7 Å². The highest BCUT2D eigenvalue weighted by atomic mass is 16.6. The summed E-state index contributed by atoms with van der Waals surface area (Å²) in [7, 11) is 1.44. The number of urea groups is 1. The van der Waals surface area contributed by atoms with Crippen molar-refractivity contribution in [3.63, 3.8) is 0 Å². The maximum atomic E-state index is 13.4. The number of non-ortho nitro benzene ring substituents is 1. The fourth-order valence-electron chi connectivity index (χ4n) is 3.44. The van der Waals surface area contributed by atoms with Gasteiger partial charge in [-0.3, -0.25) is 14.9 Å². The topological polar surface area (TPSA) is 110 Å². The van der Waals surface area contributed by atoms with Crippen LogP contribution in [0.1, 0.15) is 28.9 Å². The number of allylic oxidation sites excluding steroid dienone is 1. The Morgan fingerprint density at radius 2 is 1.88 bits per heavy atom. The number of esters is 1. The first-order valence-electron chi connectivity index (χ1n) is 9.67. The number of ether oxygens (including phenoxy) is 1. The Bertz CT molecular complexity index is 1130. The molecule has 0 saturated carbocycles. The Kier molecular flexibility index (Phi) is 6.48. The van der Waals surface area contributed by atoms with E-state index in [2.05, 4.69) is 6.58 Å². The van der Waals surface area contributed by atoms with Crippen LogP contribution in [0, 0.1) is 10.1 Å². The highest BCUT2D eigenvalue weighted by Gasteiger charge is 2.44. The van der Waals surface area contributed by atoms with Gasteiger partial charge in [-0.05, 0) is 24.6 Å². The zero-order valence-electron chi connectivity index (χ0n) is 17.6. The molecule has 0 saturated heterocycles. The van der Waals surface area contributed by atoms with Gasteiger partial charge in [0.2, 0.25) is 0 Å². The smallest absolute Gasteiger partial charge is 0.338 e. The molecule has 0 N–H and O–H groups in total. The van der Waals surface area contributed by atoms with Crippen molar-refractivity contribution in [2.24, 2.45) is 0 Å². The Balaban J connectivity index is 2.24. The van der Waals surface area contributed by atoms with Gasteiger partial charge in [-0.2, -0.15) is 0 Å². The number of nitro benzene ring substituents is 1. The summed E-state index contributed by atoms with van der Waals surface area (Å²) < 4.78 is 5.22. The fraction of sp³-hybridized carbons (Fsp3) is 0.174. The van der Waals surface area contributed by atoms with Crippen molar-refractivity contribution < 1.29 is 24.0 Å². The first kappa shape index (κ1) is 22.4. The molecule has 0 bridgehead atoms. The zero-order chi connectivity index (χ0) is 23.4. The summed E-state index contributed by atoms with van der Waals surface area (Å²) in [4.78, 5) is 52.5. The largest absolute Gasteiger partial charge is 0.458 e. The summed E-state index contributed by atoms with van der Waals surface area (Å²) in [6.07, 6.45) is 1.39. The molecule has 32 heavy (non-hydrogen) atoms. The molecular formula is C23H21N3O6. The van der Waals surface area contributed by atoms with Gasteiger partial charge in [-0.1, -0.05) is 43.0 Å². The normalized spacial score (nSPS) is 16.1. The van der Waals surface area contributed by atoms with E-state index >= 15 is 0 Å². The highest BCUT2D eigenvalue weighted by Crippen LogP contribution is 2.39. The molecule has 0 spiro atoms. The third-order valence-corrected chi connectivity index (χ3v) is 5.11. The van der Waals surface area contributed by atoms with Crippen molar-refractivity contribution >= 4 is 23.6 Å². The van der Waals surface area contributed by atoms with Crippen LogP contribution in [0.3, 0.4) is 0 Å². The summed E-state index contributed by atoms with van der Waals surface area (Å²) in [5, 5.41) is 11.3. The zero-order valence-corrected chi connectivity index (χ0v) is 17.6. The van der Waals surface area contributed by atoms with E-state index < -0.39 is 28.9 Å². The molecule has 2 aromatic rings. The molecule has 3 amide bonds. The Morgan fingerprint density at radius 3 is 2.50 bits per heavy atom. The summed E-state index contributed by atoms with van der Waals surface area (Å²) in [5.41, 5.74) is 0.520. The fourth-order valence-corrected chi connectivity index (χ4v) is 3.44. The van der Waals surface area contributed by atoms with Crippen molar-refractivity contribution in [3.8, 4) is 0 Å². The van der Waals surface area contributed by atoms with E-state index in [1.807, 2.05) is 0 Å². The molecule has 9 nitrogen and oxygen atoms in total. The van der Waals surface area contributed by atoms with Crippen molar-refractivity contribution in [1.29, 1.82) is 0 Å². The van der Waals surface area contributed by atoms with Crippen molar-refractivity contribution in [2.75, 3.05) is 13.7 Å². The molecule has 164 valence electrons. The maximum Gasteiger partial charge on any atom is 0.338 e. The van der Waals surface area contributed by atoms with Crippen LogP contribution in [0.4, 0.5) is 10.5 Å². The van der Waals surface area contributed by atoms with Crippen LogP contribution in [-0.4, -0.2) is 46.3 Å². The summed E-state index contributed by atoms with van der Waals surface area (Å²) in [6.45, 7) is 4.99. The minimum atomic E-state index is -1.22. The first-order chi connectivity index (χ1) is 15.3. The lowest BCUT2D eigenvalue weighted by molar-refractivity contribution is -0.384. The molecule has 0 aliphatic carbocycles. The second-order valence-electron chi connectivity index (χ2n) is 7.02. The van der Waals surface area contributed by atoms with Crippen LogP contribution in [0.15, 0.2) is 78.5 Å². The molecule has 3 rings (SSSR count). The SMILES string of the molecule is C=CCOC(=O)C1=C(C)N(C)C(=O)N(C(=O)c2ccccc2)C1c1cccc([N+](=O)[O-])c1. The number of carbonyl (C=O) groups excluding carboxylic acids is 3. The summed E-state index contributed by atoms with van der Waals surface area (Å²) in [6, 6.07) is 11.7. The van der Waals surface area contributed by atoms with E-state index in [0.717, 1.165) is 4.90 Å². The molecular weight excluding hydrogens is 414 g/mol. The summed E-state index contributed by atoms with van der Waals surface area (Å²) in [5.74, 6) is -1.41. The minimum Gasteiger partial charge on any atom is -0.458 e. The number of benzene rings is 2. The van der Waals surface area contributed by atoms with Gasteiger partial charge < -0.3 is 9.64 Å². The predicted molar refractivity (Wildman–Crippen MR) is 115 cm³/mol. The quantitative estimate of drug-likeness (QED) is 0.295. The van der Waals surface area contributed by atoms with Crippen LogP contribution in [0.25, 0.3) is 0 Å². The molecule has 1 atom stereocenters. The van der Waals surface area contributed by atoms with E-state index in [9.17, 15) is 24.5 Å². The molecule has 9 heteroatoms. The van der Waals surface area contributed by atoms with Gasteiger partial charge in [0.1, 0.15) is 12.6 Å². The molecule has 2 aromatic carbocycles. The number of nitro groups is 1. The second-order valence-corrected chi connectivity index (χ2v) is 7.02. The lowest BCUT2D eigenvalue weighted by atomic mass is 9.92. The molecule has 1 unspecified atom stereocenters. The minimum absolute atomic E-state index is 0.0266. The van der Waals surface area contributed by atoms with Gasteiger partial charge in [0, 0.05) is 30.4 Å². The van der Waals surface area contributed by atoms with Crippen molar-refractivity contribution in [3.05, 3.63) is 99.8 Å². The molecule has 1 aliphatic rings. The number of carbonyl (C=O) groups is 3. The van der Waals surface area contributed by atoms with Gasteiger partial charge in [0.15, 0.2) is 0 Å². The third-order valence-electron chi connectivity index (χ3n) is 5.11. The molecule has 1 heterocycles. The Morgan fingerprint density at radius 1 is 1.19 bits per heavy atom. The second kappa shape index (κ2) is 9.25. The van der Waals surface area contributed by atoms with E-state index in [1.54, 1.807) is 37.3 Å². The van der Waals surface area contributed by atoms with Gasteiger partial charge in [0.05, 0.1) is 10.5 Å². The Labute approximate surface area is 184 Å². The lowest BCUT2D eigenvalue weighted by Crippen LogP contribution is -2.51. The van der Waals surface area contributed by atoms with Gasteiger partial charge in [-0.15, -0.1) is 0 Å². The number of imide groups is 1. The van der Waals surface area contributed by atoms with Crippen LogP contribution < -0.4 is 0 Å². The van der Waals surface area contributed by atoms with Crippen molar-refractivity contribution in [2.45, 2.75) is 13.0 Å². The number of rotatable bonds is 6. The third kappa shape index (κ3) is 4.13. The van der Waals surface area contributed by atoms with Crippen LogP contribution in [-0.2, 0) is 9.53 Å². The van der Waals surface area contributed by atoms with E-state index in [4.69, 9.17) is 4.74 Å².